The second kappa shape index (κ2) is 6.88. The number of hydrogen-bond acceptors (Lipinski definition) is 3. The van der Waals surface area contributed by atoms with Crippen LogP contribution in [0.4, 0.5) is 5.69 Å². The summed E-state index contributed by atoms with van der Waals surface area (Å²) in [6.07, 6.45) is 1.63. The summed E-state index contributed by atoms with van der Waals surface area (Å²) in [6.45, 7) is 7.24. The van der Waals surface area contributed by atoms with E-state index in [1.807, 2.05) is 51.1 Å². The maximum absolute atomic E-state index is 12.3. The minimum atomic E-state index is -0.110. The fourth-order valence-corrected chi connectivity index (χ4v) is 2.16. The minimum Gasteiger partial charge on any atom is -0.385 e. The molecular weight excluding hydrogens is 262 g/mol. The second-order valence-corrected chi connectivity index (χ2v) is 5.01. The zero-order valence-corrected chi connectivity index (χ0v) is 12.7. The number of carbonyl (C=O) groups is 1. The van der Waals surface area contributed by atoms with Gasteiger partial charge in [0, 0.05) is 25.0 Å². The van der Waals surface area contributed by atoms with Crippen molar-refractivity contribution < 1.29 is 4.79 Å². The molecule has 21 heavy (non-hydrogen) atoms. The number of nitrogens with one attached hydrogen (secondary N) is 2. The predicted molar refractivity (Wildman–Crippen MR) is 85.5 cm³/mol. The van der Waals surface area contributed by atoms with Crippen LogP contribution in [0.5, 0.6) is 0 Å². The van der Waals surface area contributed by atoms with Crippen LogP contribution >= 0.6 is 0 Å². The molecule has 0 unspecified atom stereocenters. The highest BCUT2D eigenvalue weighted by Gasteiger charge is 2.12. The maximum atomic E-state index is 12.3. The van der Waals surface area contributed by atoms with Crippen LogP contribution in [0.15, 0.2) is 36.5 Å². The van der Waals surface area contributed by atoms with Gasteiger partial charge in [-0.05, 0) is 38.0 Å². The number of amides is 1. The molecule has 0 aliphatic heterocycles. The van der Waals surface area contributed by atoms with Crippen molar-refractivity contribution in [2.75, 3.05) is 11.9 Å². The topological polar surface area (TPSA) is 54.0 Å². The van der Waals surface area contributed by atoms with Crippen LogP contribution in [-0.2, 0) is 6.54 Å². The Morgan fingerprint density at radius 3 is 2.71 bits per heavy atom. The molecule has 0 fully saturated rings. The molecule has 1 amide bonds. The van der Waals surface area contributed by atoms with Crippen molar-refractivity contribution in [3.05, 3.63) is 58.9 Å². The van der Waals surface area contributed by atoms with Crippen LogP contribution in [-0.4, -0.2) is 17.4 Å². The Bertz CT molecular complexity index is 638. The Labute approximate surface area is 125 Å². The van der Waals surface area contributed by atoms with Gasteiger partial charge in [-0.15, -0.1) is 0 Å². The average molecular weight is 283 g/mol. The molecular formula is C17H21N3O. The number of pyridine rings is 1. The number of benzene rings is 1. The first-order valence-electron chi connectivity index (χ1n) is 7.15. The van der Waals surface area contributed by atoms with E-state index >= 15 is 0 Å². The van der Waals surface area contributed by atoms with E-state index in [4.69, 9.17) is 0 Å². The third kappa shape index (κ3) is 3.81. The Morgan fingerprint density at radius 1 is 1.24 bits per heavy atom. The van der Waals surface area contributed by atoms with E-state index in [0.29, 0.717) is 12.1 Å². The average Bonchev–Trinajstić information content (AvgIpc) is 2.46. The Morgan fingerprint density at radius 2 is 2.00 bits per heavy atom. The maximum Gasteiger partial charge on any atom is 0.255 e. The molecule has 1 aromatic carbocycles. The fourth-order valence-electron chi connectivity index (χ4n) is 2.16. The smallest absolute Gasteiger partial charge is 0.255 e. The van der Waals surface area contributed by atoms with Crippen molar-refractivity contribution in [1.82, 2.24) is 10.3 Å². The fraction of sp³-hybridized carbons (Fsp3) is 0.294. The van der Waals surface area contributed by atoms with Gasteiger partial charge in [0.05, 0.1) is 11.3 Å². The van der Waals surface area contributed by atoms with Crippen molar-refractivity contribution >= 4 is 11.6 Å². The van der Waals surface area contributed by atoms with E-state index in [2.05, 4.69) is 15.6 Å². The summed E-state index contributed by atoms with van der Waals surface area (Å²) in [5.41, 5.74) is 4.59. The molecule has 0 bridgehead atoms. The normalized spacial score (nSPS) is 10.2. The van der Waals surface area contributed by atoms with Crippen LogP contribution in [0.3, 0.4) is 0 Å². The molecule has 0 aliphatic rings. The lowest BCUT2D eigenvalue weighted by atomic mass is 10.1. The highest BCUT2D eigenvalue weighted by Crippen LogP contribution is 2.16. The second-order valence-electron chi connectivity index (χ2n) is 5.01. The summed E-state index contributed by atoms with van der Waals surface area (Å²) < 4.78 is 0. The SMILES string of the molecule is CCNc1cc(C)ncc1C(=O)NCc1ccccc1C. The van der Waals surface area contributed by atoms with Gasteiger partial charge in [-0.1, -0.05) is 24.3 Å². The van der Waals surface area contributed by atoms with Crippen LogP contribution in [0.25, 0.3) is 0 Å². The third-order valence-corrected chi connectivity index (χ3v) is 3.35. The number of carbonyl (C=O) groups excluding carboxylic acids is 1. The van der Waals surface area contributed by atoms with Crippen LogP contribution in [0.2, 0.25) is 0 Å². The summed E-state index contributed by atoms with van der Waals surface area (Å²) >= 11 is 0. The summed E-state index contributed by atoms with van der Waals surface area (Å²) in [4.78, 5) is 16.6. The third-order valence-electron chi connectivity index (χ3n) is 3.35. The van der Waals surface area contributed by atoms with Crippen LogP contribution in [0, 0.1) is 13.8 Å². The van der Waals surface area contributed by atoms with Gasteiger partial charge in [-0.2, -0.15) is 0 Å². The standard InChI is InChI=1S/C17H21N3O/c1-4-18-16-9-13(3)19-11-15(16)17(21)20-10-14-8-6-5-7-12(14)2/h5-9,11H,4,10H2,1-3H3,(H,18,19)(H,20,21). The van der Waals surface area contributed by atoms with Crippen molar-refractivity contribution in [3.63, 3.8) is 0 Å². The minimum absolute atomic E-state index is 0.110. The van der Waals surface area contributed by atoms with Gasteiger partial charge in [0.1, 0.15) is 0 Å². The molecule has 2 N–H and O–H groups in total. The highest BCUT2D eigenvalue weighted by atomic mass is 16.1. The summed E-state index contributed by atoms with van der Waals surface area (Å²) in [7, 11) is 0. The highest BCUT2D eigenvalue weighted by molar-refractivity contribution is 5.99. The molecule has 1 aromatic heterocycles. The molecule has 0 radical (unpaired) electrons. The number of anilines is 1. The molecule has 0 spiro atoms. The van der Waals surface area contributed by atoms with Crippen molar-refractivity contribution in [1.29, 1.82) is 0 Å². The number of nitrogens with zero attached hydrogens (tertiary/aromatic N) is 1. The number of rotatable bonds is 5. The first-order chi connectivity index (χ1) is 10.1. The van der Waals surface area contributed by atoms with Gasteiger partial charge < -0.3 is 10.6 Å². The predicted octanol–water partition coefficient (Wildman–Crippen LogP) is 3.06. The summed E-state index contributed by atoms with van der Waals surface area (Å²) in [5.74, 6) is -0.110. The lowest BCUT2D eigenvalue weighted by molar-refractivity contribution is 0.0951. The Balaban J connectivity index is 2.12. The molecule has 0 atom stereocenters. The number of hydrogen-bond donors (Lipinski definition) is 2. The Hall–Kier alpha value is -2.36. The molecule has 2 aromatic rings. The van der Waals surface area contributed by atoms with E-state index in [1.165, 1.54) is 5.56 Å². The van der Waals surface area contributed by atoms with Gasteiger partial charge in [0.15, 0.2) is 0 Å². The van der Waals surface area contributed by atoms with Crippen LogP contribution < -0.4 is 10.6 Å². The van der Waals surface area contributed by atoms with E-state index in [9.17, 15) is 4.79 Å². The quantitative estimate of drug-likeness (QED) is 0.886. The first-order valence-corrected chi connectivity index (χ1v) is 7.15. The van der Waals surface area contributed by atoms with Crippen molar-refractivity contribution in [2.45, 2.75) is 27.3 Å². The number of aromatic nitrogens is 1. The van der Waals surface area contributed by atoms with E-state index in [-0.39, 0.29) is 5.91 Å². The van der Waals surface area contributed by atoms with Gasteiger partial charge in [-0.25, -0.2) is 0 Å². The Kier molecular flexibility index (Phi) is 4.93. The lowest BCUT2D eigenvalue weighted by Crippen LogP contribution is -2.24. The molecule has 110 valence electrons. The molecule has 4 nitrogen and oxygen atoms in total. The number of aryl methyl sites for hydroxylation is 2. The first kappa shape index (κ1) is 15.0. The van der Waals surface area contributed by atoms with E-state index < -0.39 is 0 Å². The zero-order chi connectivity index (χ0) is 15.2. The van der Waals surface area contributed by atoms with Gasteiger partial charge in [-0.3, -0.25) is 9.78 Å². The van der Waals surface area contributed by atoms with Crippen molar-refractivity contribution in [3.8, 4) is 0 Å². The van der Waals surface area contributed by atoms with Gasteiger partial charge in [0.2, 0.25) is 0 Å². The van der Waals surface area contributed by atoms with E-state index in [0.717, 1.165) is 23.5 Å². The largest absolute Gasteiger partial charge is 0.385 e. The van der Waals surface area contributed by atoms with Crippen molar-refractivity contribution in [2.24, 2.45) is 0 Å². The van der Waals surface area contributed by atoms with Crippen LogP contribution in [0.1, 0.15) is 34.1 Å². The molecule has 0 saturated heterocycles. The summed E-state index contributed by atoms with van der Waals surface area (Å²) in [6, 6.07) is 9.93. The zero-order valence-electron chi connectivity index (χ0n) is 12.7. The molecule has 0 saturated carbocycles. The molecule has 0 aliphatic carbocycles. The molecule has 1 heterocycles. The summed E-state index contributed by atoms with van der Waals surface area (Å²) in [5, 5.41) is 6.16. The molecule has 2 rings (SSSR count). The van der Waals surface area contributed by atoms with Gasteiger partial charge in [0.25, 0.3) is 5.91 Å². The lowest BCUT2D eigenvalue weighted by Gasteiger charge is -2.12. The molecule has 4 heteroatoms. The monoisotopic (exact) mass is 283 g/mol. The van der Waals surface area contributed by atoms with E-state index in [1.54, 1.807) is 6.20 Å². The van der Waals surface area contributed by atoms with Gasteiger partial charge >= 0.3 is 0 Å².